The van der Waals surface area contributed by atoms with Crippen molar-refractivity contribution in [1.82, 2.24) is 9.78 Å². The molecule has 0 fully saturated rings. The molecular formula is C21H25N3O2S. The van der Waals surface area contributed by atoms with E-state index < -0.39 is 10.0 Å². The number of nitrogens with zero attached hydrogens (tertiary/aromatic N) is 2. The van der Waals surface area contributed by atoms with E-state index in [1.807, 2.05) is 56.6 Å². The molecule has 0 amide bonds. The standard InChI is InChI=1S/C21H25N3O2S/c1-14-10-11-20(16(3)12-14)27(25,26)23-21-17(4)22-24(18(21)5)13-19-9-7-6-8-15(19)2/h6-12,23H,13H2,1-5H3. The number of aryl methyl sites for hydroxylation is 4. The number of aromatic nitrogens is 2. The first-order valence-electron chi connectivity index (χ1n) is 8.87. The minimum atomic E-state index is -3.68. The van der Waals surface area contributed by atoms with Gasteiger partial charge in [0.05, 0.1) is 28.5 Å². The van der Waals surface area contributed by atoms with Crippen molar-refractivity contribution in [3.8, 4) is 0 Å². The van der Waals surface area contributed by atoms with E-state index in [0.29, 0.717) is 22.8 Å². The van der Waals surface area contributed by atoms with Gasteiger partial charge in [-0.05, 0) is 57.4 Å². The Hall–Kier alpha value is -2.60. The molecule has 0 saturated carbocycles. The summed E-state index contributed by atoms with van der Waals surface area (Å²) in [6.45, 7) is 10.1. The first-order valence-corrected chi connectivity index (χ1v) is 10.4. The van der Waals surface area contributed by atoms with Crippen molar-refractivity contribution in [1.29, 1.82) is 0 Å². The predicted octanol–water partition coefficient (Wildman–Crippen LogP) is 4.27. The van der Waals surface area contributed by atoms with Crippen molar-refractivity contribution in [2.45, 2.75) is 46.1 Å². The molecule has 1 aromatic heterocycles. The molecule has 0 saturated heterocycles. The molecule has 0 bridgehead atoms. The van der Waals surface area contributed by atoms with Crippen molar-refractivity contribution in [3.05, 3.63) is 76.1 Å². The lowest BCUT2D eigenvalue weighted by molar-refractivity contribution is 0.600. The highest BCUT2D eigenvalue weighted by Crippen LogP contribution is 2.26. The first kappa shape index (κ1) is 19.2. The number of hydrogen-bond donors (Lipinski definition) is 1. The summed E-state index contributed by atoms with van der Waals surface area (Å²) in [5.41, 5.74) is 6.10. The average Bonchev–Trinajstić information content (AvgIpc) is 2.84. The second-order valence-corrected chi connectivity index (χ2v) is 8.66. The Morgan fingerprint density at radius 2 is 1.67 bits per heavy atom. The van der Waals surface area contributed by atoms with Crippen LogP contribution in [-0.4, -0.2) is 18.2 Å². The van der Waals surface area contributed by atoms with Crippen LogP contribution >= 0.6 is 0 Å². The van der Waals surface area contributed by atoms with E-state index in [1.54, 1.807) is 6.07 Å². The van der Waals surface area contributed by atoms with Gasteiger partial charge in [-0.3, -0.25) is 9.40 Å². The molecule has 27 heavy (non-hydrogen) atoms. The Labute approximate surface area is 161 Å². The summed E-state index contributed by atoms with van der Waals surface area (Å²) in [6.07, 6.45) is 0. The third-order valence-corrected chi connectivity index (χ3v) is 6.33. The second kappa shape index (κ2) is 7.19. The van der Waals surface area contributed by atoms with Gasteiger partial charge in [-0.1, -0.05) is 42.0 Å². The minimum Gasteiger partial charge on any atom is -0.276 e. The molecule has 1 N–H and O–H groups in total. The number of benzene rings is 2. The van der Waals surface area contributed by atoms with Crippen LogP contribution in [0.15, 0.2) is 47.4 Å². The topological polar surface area (TPSA) is 64.0 Å². The van der Waals surface area contributed by atoms with Gasteiger partial charge in [0, 0.05) is 0 Å². The van der Waals surface area contributed by atoms with E-state index in [9.17, 15) is 8.42 Å². The molecule has 0 unspecified atom stereocenters. The van der Waals surface area contributed by atoms with E-state index in [-0.39, 0.29) is 0 Å². The van der Waals surface area contributed by atoms with Crippen LogP contribution in [0.25, 0.3) is 0 Å². The van der Waals surface area contributed by atoms with Crippen LogP contribution in [-0.2, 0) is 16.6 Å². The molecule has 0 atom stereocenters. The SMILES string of the molecule is Cc1ccc(S(=O)(=O)Nc2c(C)nn(Cc3ccccc3C)c2C)c(C)c1. The van der Waals surface area contributed by atoms with Crippen molar-refractivity contribution >= 4 is 15.7 Å². The van der Waals surface area contributed by atoms with Crippen LogP contribution < -0.4 is 4.72 Å². The Bertz CT molecular complexity index is 1100. The van der Waals surface area contributed by atoms with Crippen LogP contribution in [0.4, 0.5) is 5.69 Å². The Balaban J connectivity index is 1.94. The summed E-state index contributed by atoms with van der Waals surface area (Å²) in [7, 11) is -3.68. The smallest absolute Gasteiger partial charge is 0.262 e. The molecule has 0 aliphatic rings. The third kappa shape index (κ3) is 3.90. The molecule has 142 valence electrons. The third-order valence-electron chi connectivity index (χ3n) is 4.82. The molecule has 3 aromatic rings. The normalized spacial score (nSPS) is 11.6. The van der Waals surface area contributed by atoms with Gasteiger partial charge in [0.25, 0.3) is 10.0 Å². The molecule has 0 radical (unpaired) electrons. The maximum Gasteiger partial charge on any atom is 0.262 e. The number of anilines is 1. The fourth-order valence-electron chi connectivity index (χ4n) is 3.24. The van der Waals surface area contributed by atoms with Gasteiger partial charge in [-0.25, -0.2) is 8.42 Å². The highest BCUT2D eigenvalue weighted by molar-refractivity contribution is 7.92. The van der Waals surface area contributed by atoms with Crippen LogP contribution in [0.5, 0.6) is 0 Å². The molecular weight excluding hydrogens is 358 g/mol. The molecule has 3 rings (SSSR count). The molecule has 0 aliphatic heterocycles. The summed E-state index contributed by atoms with van der Waals surface area (Å²) < 4.78 is 30.4. The van der Waals surface area contributed by atoms with Crippen molar-refractivity contribution in [3.63, 3.8) is 0 Å². The fourth-order valence-corrected chi connectivity index (χ4v) is 4.64. The van der Waals surface area contributed by atoms with Gasteiger partial charge in [0.2, 0.25) is 0 Å². The number of nitrogens with one attached hydrogen (secondary N) is 1. The molecule has 5 nitrogen and oxygen atoms in total. The molecule has 1 heterocycles. The van der Waals surface area contributed by atoms with Gasteiger partial charge in [0.1, 0.15) is 0 Å². The van der Waals surface area contributed by atoms with E-state index in [0.717, 1.165) is 22.4 Å². The highest BCUT2D eigenvalue weighted by Gasteiger charge is 2.21. The van der Waals surface area contributed by atoms with Crippen LogP contribution in [0, 0.1) is 34.6 Å². The zero-order valence-corrected chi connectivity index (χ0v) is 17.2. The lowest BCUT2D eigenvalue weighted by Gasteiger charge is -2.12. The minimum absolute atomic E-state index is 0.290. The van der Waals surface area contributed by atoms with Gasteiger partial charge in [-0.2, -0.15) is 5.10 Å². The number of rotatable bonds is 5. The summed E-state index contributed by atoms with van der Waals surface area (Å²) in [5, 5.41) is 4.55. The van der Waals surface area contributed by atoms with Crippen LogP contribution in [0.1, 0.15) is 33.6 Å². The van der Waals surface area contributed by atoms with E-state index in [2.05, 4.69) is 28.9 Å². The van der Waals surface area contributed by atoms with E-state index in [4.69, 9.17) is 0 Å². The molecule has 6 heteroatoms. The summed E-state index contributed by atoms with van der Waals surface area (Å²) in [5.74, 6) is 0. The number of hydrogen-bond acceptors (Lipinski definition) is 3. The van der Waals surface area contributed by atoms with E-state index in [1.165, 1.54) is 5.56 Å². The molecule has 0 spiro atoms. The second-order valence-electron chi connectivity index (χ2n) is 7.00. The van der Waals surface area contributed by atoms with Gasteiger partial charge < -0.3 is 0 Å². The Morgan fingerprint density at radius 1 is 0.963 bits per heavy atom. The van der Waals surface area contributed by atoms with Crippen molar-refractivity contribution in [2.24, 2.45) is 0 Å². The Morgan fingerprint density at radius 3 is 2.33 bits per heavy atom. The summed E-state index contributed by atoms with van der Waals surface area (Å²) >= 11 is 0. The van der Waals surface area contributed by atoms with Gasteiger partial charge in [0.15, 0.2) is 0 Å². The fraction of sp³-hybridized carbons (Fsp3) is 0.286. The summed E-state index contributed by atoms with van der Waals surface area (Å²) in [4.78, 5) is 0.290. The van der Waals surface area contributed by atoms with Crippen molar-refractivity contribution < 1.29 is 8.42 Å². The largest absolute Gasteiger partial charge is 0.276 e. The molecule has 2 aromatic carbocycles. The van der Waals surface area contributed by atoms with Crippen molar-refractivity contribution in [2.75, 3.05) is 4.72 Å². The maximum absolute atomic E-state index is 12.9. The zero-order chi connectivity index (χ0) is 19.8. The maximum atomic E-state index is 12.9. The average molecular weight is 384 g/mol. The zero-order valence-electron chi connectivity index (χ0n) is 16.4. The Kier molecular flexibility index (Phi) is 5.11. The quantitative estimate of drug-likeness (QED) is 0.715. The van der Waals surface area contributed by atoms with Crippen LogP contribution in [0.3, 0.4) is 0 Å². The molecule has 0 aliphatic carbocycles. The lowest BCUT2D eigenvalue weighted by Crippen LogP contribution is -2.15. The van der Waals surface area contributed by atoms with E-state index >= 15 is 0 Å². The van der Waals surface area contributed by atoms with Gasteiger partial charge in [-0.15, -0.1) is 0 Å². The predicted molar refractivity (Wildman–Crippen MR) is 109 cm³/mol. The monoisotopic (exact) mass is 383 g/mol. The van der Waals surface area contributed by atoms with Crippen LogP contribution in [0.2, 0.25) is 0 Å². The van der Waals surface area contributed by atoms with Gasteiger partial charge >= 0.3 is 0 Å². The first-order chi connectivity index (χ1) is 12.7. The highest BCUT2D eigenvalue weighted by atomic mass is 32.2. The summed E-state index contributed by atoms with van der Waals surface area (Å²) in [6, 6.07) is 13.4. The number of sulfonamides is 1. The lowest BCUT2D eigenvalue weighted by atomic mass is 10.1.